The van der Waals surface area contributed by atoms with Crippen LogP contribution >= 0.6 is 11.6 Å². The Bertz CT molecular complexity index is 678. The van der Waals surface area contributed by atoms with Crippen LogP contribution in [0, 0.1) is 5.92 Å². The molecule has 0 aromatic carbocycles. The number of halogens is 1. The zero-order valence-electron chi connectivity index (χ0n) is 15.5. The zero-order valence-corrected chi connectivity index (χ0v) is 16.3. The molecule has 1 aromatic rings. The molecule has 27 heavy (non-hydrogen) atoms. The molecule has 3 fully saturated rings. The molecule has 2 aliphatic heterocycles. The molecule has 3 aliphatic rings. The van der Waals surface area contributed by atoms with E-state index in [1.54, 1.807) is 12.1 Å². The normalized spacial score (nSPS) is 28.3. The maximum absolute atomic E-state index is 12.5. The van der Waals surface area contributed by atoms with Crippen molar-refractivity contribution in [2.75, 3.05) is 11.9 Å². The topological polar surface area (TPSA) is 74.3 Å². The van der Waals surface area contributed by atoms with Gasteiger partial charge in [-0.3, -0.25) is 14.5 Å². The number of aromatic nitrogens is 1. The molecule has 0 radical (unpaired) electrons. The van der Waals surface area contributed by atoms with Crippen molar-refractivity contribution in [3.05, 3.63) is 23.4 Å². The Morgan fingerprint density at radius 2 is 1.81 bits per heavy atom. The summed E-state index contributed by atoms with van der Waals surface area (Å²) in [6.45, 7) is 0.378. The van der Waals surface area contributed by atoms with Gasteiger partial charge in [0.05, 0.1) is 11.6 Å². The third-order valence-electron chi connectivity index (χ3n) is 6.27. The van der Waals surface area contributed by atoms with Gasteiger partial charge in [0.1, 0.15) is 5.82 Å². The number of amides is 2. The summed E-state index contributed by atoms with van der Waals surface area (Å²) < 4.78 is 0. The van der Waals surface area contributed by atoms with E-state index in [0.29, 0.717) is 29.5 Å². The second kappa shape index (κ2) is 8.15. The van der Waals surface area contributed by atoms with Gasteiger partial charge in [-0.1, -0.05) is 24.4 Å². The first-order valence-corrected chi connectivity index (χ1v) is 10.4. The molecule has 7 heteroatoms. The van der Waals surface area contributed by atoms with E-state index in [1.165, 1.54) is 19.0 Å². The predicted octanol–water partition coefficient (Wildman–Crippen LogP) is 2.98. The maximum Gasteiger partial charge on any atom is 0.239 e. The van der Waals surface area contributed by atoms with Crippen molar-refractivity contribution in [1.82, 2.24) is 15.2 Å². The number of rotatable bonds is 5. The molecule has 2 amide bonds. The average molecular weight is 391 g/mol. The number of piperidine rings is 2. The number of nitrogens with one attached hydrogen (secondary N) is 2. The van der Waals surface area contributed by atoms with Gasteiger partial charge in [-0.05, 0) is 50.7 Å². The van der Waals surface area contributed by atoms with Crippen LogP contribution in [0.25, 0.3) is 0 Å². The summed E-state index contributed by atoms with van der Waals surface area (Å²) in [7, 11) is 0. The van der Waals surface area contributed by atoms with Crippen LogP contribution in [0.2, 0.25) is 5.02 Å². The summed E-state index contributed by atoms with van der Waals surface area (Å²) in [6.07, 6.45) is 10.1. The molecule has 1 aromatic heterocycles. The van der Waals surface area contributed by atoms with Crippen LogP contribution in [-0.4, -0.2) is 46.4 Å². The molecule has 146 valence electrons. The summed E-state index contributed by atoms with van der Waals surface area (Å²) >= 11 is 5.84. The standard InChI is InChI=1S/C20H27ClN4O2/c21-14-7-8-18(22-11-14)24-19(26)12-25-16-5-2-6-17(25)10-15(9-16)23-20(27)13-3-1-4-13/h7-8,11,13,15-17H,1-6,9-10,12H2,(H,23,27)(H,22,24,26)/t15?,16-,17+. The van der Waals surface area contributed by atoms with Crippen LogP contribution < -0.4 is 10.6 Å². The fourth-order valence-corrected chi connectivity index (χ4v) is 4.75. The zero-order chi connectivity index (χ0) is 18.8. The minimum absolute atomic E-state index is 0.0429. The van der Waals surface area contributed by atoms with E-state index in [2.05, 4.69) is 20.5 Å². The summed E-state index contributed by atoms with van der Waals surface area (Å²) in [5.41, 5.74) is 0. The number of fused-ring (bicyclic) bond motifs is 2. The number of anilines is 1. The SMILES string of the molecule is O=C(CN1[C@@H]2CCC[C@H]1CC(NC(=O)C1CCC1)C2)Nc1ccc(Cl)cn1. The first-order valence-electron chi connectivity index (χ1n) is 10.1. The van der Waals surface area contributed by atoms with Crippen molar-refractivity contribution in [2.45, 2.75) is 69.5 Å². The van der Waals surface area contributed by atoms with Gasteiger partial charge in [0, 0.05) is 30.2 Å². The highest BCUT2D eigenvalue weighted by Crippen LogP contribution is 2.34. The van der Waals surface area contributed by atoms with Crippen molar-refractivity contribution in [3.63, 3.8) is 0 Å². The lowest BCUT2D eigenvalue weighted by Crippen LogP contribution is -2.59. The molecule has 1 aliphatic carbocycles. The average Bonchev–Trinajstić information content (AvgIpc) is 2.56. The van der Waals surface area contributed by atoms with Gasteiger partial charge < -0.3 is 10.6 Å². The summed E-state index contributed by atoms with van der Waals surface area (Å²) in [5, 5.41) is 6.69. The molecule has 3 heterocycles. The van der Waals surface area contributed by atoms with Crippen LogP contribution in [0.15, 0.2) is 18.3 Å². The van der Waals surface area contributed by atoms with Gasteiger partial charge in [-0.2, -0.15) is 0 Å². The minimum Gasteiger partial charge on any atom is -0.353 e. The monoisotopic (exact) mass is 390 g/mol. The molecule has 3 atom stereocenters. The molecule has 2 N–H and O–H groups in total. The summed E-state index contributed by atoms with van der Waals surface area (Å²) in [4.78, 5) is 31.3. The van der Waals surface area contributed by atoms with Crippen LogP contribution in [0.1, 0.15) is 51.4 Å². The predicted molar refractivity (Wildman–Crippen MR) is 105 cm³/mol. The maximum atomic E-state index is 12.5. The fourth-order valence-electron chi connectivity index (χ4n) is 4.64. The Labute approximate surface area is 165 Å². The lowest BCUT2D eigenvalue weighted by Gasteiger charge is -2.49. The Kier molecular flexibility index (Phi) is 5.64. The molecular formula is C20H27ClN4O2. The van der Waals surface area contributed by atoms with E-state index in [1.807, 2.05) is 0 Å². The Balaban J connectivity index is 1.32. The Morgan fingerprint density at radius 1 is 1.11 bits per heavy atom. The highest BCUT2D eigenvalue weighted by molar-refractivity contribution is 6.30. The van der Waals surface area contributed by atoms with Crippen LogP contribution in [0.5, 0.6) is 0 Å². The van der Waals surface area contributed by atoms with Gasteiger partial charge in [-0.15, -0.1) is 0 Å². The number of hydrogen-bond acceptors (Lipinski definition) is 4. The molecule has 2 bridgehead atoms. The number of hydrogen-bond donors (Lipinski definition) is 2. The quantitative estimate of drug-likeness (QED) is 0.810. The number of nitrogens with zero attached hydrogens (tertiary/aromatic N) is 2. The van der Waals surface area contributed by atoms with Crippen molar-refractivity contribution >= 4 is 29.2 Å². The van der Waals surface area contributed by atoms with Crippen molar-refractivity contribution in [1.29, 1.82) is 0 Å². The number of carbonyl (C=O) groups is 2. The third kappa shape index (κ3) is 4.43. The third-order valence-corrected chi connectivity index (χ3v) is 6.49. The Morgan fingerprint density at radius 3 is 2.41 bits per heavy atom. The highest BCUT2D eigenvalue weighted by atomic mass is 35.5. The largest absolute Gasteiger partial charge is 0.353 e. The van der Waals surface area contributed by atoms with E-state index < -0.39 is 0 Å². The summed E-state index contributed by atoms with van der Waals surface area (Å²) in [6, 6.07) is 4.42. The van der Waals surface area contributed by atoms with Gasteiger partial charge in [-0.25, -0.2) is 4.98 Å². The highest BCUT2D eigenvalue weighted by Gasteiger charge is 2.40. The van der Waals surface area contributed by atoms with Gasteiger partial charge in [0.25, 0.3) is 0 Å². The molecule has 4 rings (SSSR count). The van der Waals surface area contributed by atoms with Gasteiger partial charge >= 0.3 is 0 Å². The molecular weight excluding hydrogens is 364 g/mol. The number of carbonyl (C=O) groups excluding carboxylic acids is 2. The minimum atomic E-state index is -0.0429. The first kappa shape index (κ1) is 18.7. The van der Waals surface area contributed by atoms with Crippen LogP contribution in [0.4, 0.5) is 5.82 Å². The Hall–Kier alpha value is -1.66. The van der Waals surface area contributed by atoms with E-state index in [-0.39, 0.29) is 23.8 Å². The number of pyridine rings is 1. The lowest BCUT2D eigenvalue weighted by molar-refractivity contribution is -0.129. The van der Waals surface area contributed by atoms with Crippen molar-refractivity contribution < 1.29 is 9.59 Å². The molecule has 6 nitrogen and oxygen atoms in total. The molecule has 2 saturated heterocycles. The van der Waals surface area contributed by atoms with Crippen LogP contribution in [0.3, 0.4) is 0 Å². The van der Waals surface area contributed by atoms with Crippen molar-refractivity contribution in [2.24, 2.45) is 5.92 Å². The molecule has 0 spiro atoms. The fraction of sp³-hybridized carbons (Fsp3) is 0.650. The van der Waals surface area contributed by atoms with E-state index in [9.17, 15) is 9.59 Å². The smallest absolute Gasteiger partial charge is 0.239 e. The van der Waals surface area contributed by atoms with Gasteiger partial charge in [0.15, 0.2) is 0 Å². The second-order valence-electron chi connectivity index (χ2n) is 8.13. The lowest BCUT2D eigenvalue weighted by atomic mass is 9.80. The second-order valence-corrected chi connectivity index (χ2v) is 8.56. The summed E-state index contributed by atoms with van der Waals surface area (Å²) in [5.74, 6) is 0.959. The van der Waals surface area contributed by atoms with Crippen LogP contribution in [-0.2, 0) is 9.59 Å². The molecule has 1 unspecified atom stereocenters. The first-order chi connectivity index (χ1) is 13.1. The van der Waals surface area contributed by atoms with E-state index >= 15 is 0 Å². The van der Waals surface area contributed by atoms with E-state index in [4.69, 9.17) is 11.6 Å². The molecule has 1 saturated carbocycles. The van der Waals surface area contributed by atoms with E-state index in [0.717, 1.165) is 38.5 Å². The van der Waals surface area contributed by atoms with Gasteiger partial charge in [0.2, 0.25) is 11.8 Å². The van der Waals surface area contributed by atoms with Crippen molar-refractivity contribution in [3.8, 4) is 0 Å².